The predicted octanol–water partition coefficient (Wildman–Crippen LogP) is 4.86. The Kier molecular flexibility index (Phi) is 6.36. The molecule has 1 aromatic heterocycles. The second kappa shape index (κ2) is 9.34. The van der Waals surface area contributed by atoms with Crippen molar-refractivity contribution in [3.05, 3.63) is 70.4 Å². The number of imidazole rings is 1. The monoisotopic (exact) mass is 436 g/mol. The van der Waals surface area contributed by atoms with Crippen molar-refractivity contribution >= 4 is 23.4 Å². The smallest absolute Gasteiger partial charge is 0.270 e. The maximum atomic E-state index is 12.7. The molecule has 2 heterocycles. The number of piperidine rings is 1. The minimum atomic E-state index is -0.400. The number of thioether (sulfide) groups is 1. The molecule has 1 fully saturated rings. The summed E-state index contributed by atoms with van der Waals surface area (Å²) in [6.45, 7) is 3.67. The van der Waals surface area contributed by atoms with Gasteiger partial charge in [0.1, 0.15) is 0 Å². The van der Waals surface area contributed by atoms with Gasteiger partial charge in [-0.1, -0.05) is 41.6 Å². The lowest BCUT2D eigenvalue weighted by Gasteiger charge is -2.26. The number of benzene rings is 2. The Bertz CT molecular complexity index is 1090. The van der Waals surface area contributed by atoms with E-state index < -0.39 is 4.92 Å². The third kappa shape index (κ3) is 4.80. The van der Waals surface area contributed by atoms with Crippen molar-refractivity contribution in [3.8, 4) is 16.9 Å². The van der Waals surface area contributed by atoms with Crippen molar-refractivity contribution in [3.63, 3.8) is 0 Å². The molecular weight excluding hydrogens is 412 g/mol. The number of likely N-dealkylation sites (tertiary alicyclic amines) is 1. The number of non-ortho nitro benzene ring substituents is 1. The number of nitro groups is 1. The van der Waals surface area contributed by atoms with Crippen molar-refractivity contribution in [1.29, 1.82) is 0 Å². The number of rotatable bonds is 6. The Hall–Kier alpha value is -3.13. The van der Waals surface area contributed by atoms with E-state index in [9.17, 15) is 14.9 Å². The van der Waals surface area contributed by atoms with Crippen LogP contribution in [0.3, 0.4) is 0 Å². The summed E-state index contributed by atoms with van der Waals surface area (Å²) in [5.41, 5.74) is 3.52. The van der Waals surface area contributed by atoms with E-state index in [4.69, 9.17) is 0 Å². The average molecular weight is 437 g/mol. The molecule has 0 N–H and O–H groups in total. The minimum Gasteiger partial charge on any atom is -0.342 e. The SMILES string of the molecule is Cc1ccc(-n2c(-c3cccc([N+](=O)[O-])c3)cnc2SCC(=O)N2CCCCC2)cc1. The Morgan fingerprint density at radius 2 is 1.87 bits per heavy atom. The van der Waals surface area contributed by atoms with Gasteiger partial charge in [-0.15, -0.1) is 0 Å². The number of aromatic nitrogens is 2. The average Bonchev–Trinajstić information content (AvgIpc) is 3.22. The lowest BCUT2D eigenvalue weighted by molar-refractivity contribution is -0.384. The van der Waals surface area contributed by atoms with Gasteiger partial charge in [-0.3, -0.25) is 19.5 Å². The number of carbonyl (C=O) groups excluding carboxylic acids is 1. The van der Waals surface area contributed by atoms with Crippen molar-refractivity contribution in [2.24, 2.45) is 0 Å². The molecule has 0 aliphatic carbocycles. The van der Waals surface area contributed by atoms with Crippen LogP contribution in [0.25, 0.3) is 16.9 Å². The van der Waals surface area contributed by atoms with Gasteiger partial charge in [0.2, 0.25) is 5.91 Å². The number of hydrogen-bond donors (Lipinski definition) is 0. The highest BCUT2D eigenvalue weighted by Gasteiger charge is 2.20. The first kappa shape index (κ1) is 21.1. The van der Waals surface area contributed by atoms with Crippen LogP contribution in [0.5, 0.6) is 0 Å². The molecule has 1 amide bonds. The van der Waals surface area contributed by atoms with E-state index in [2.05, 4.69) is 4.98 Å². The third-order valence-electron chi connectivity index (χ3n) is 5.41. The van der Waals surface area contributed by atoms with Crippen molar-refractivity contribution in [2.45, 2.75) is 31.3 Å². The molecule has 0 radical (unpaired) electrons. The molecule has 31 heavy (non-hydrogen) atoms. The van der Waals surface area contributed by atoms with E-state index in [1.165, 1.54) is 24.2 Å². The molecule has 0 atom stereocenters. The van der Waals surface area contributed by atoms with E-state index in [0.717, 1.165) is 42.9 Å². The molecule has 160 valence electrons. The zero-order chi connectivity index (χ0) is 21.8. The van der Waals surface area contributed by atoms with Gasteiger partial charge in [0.05, 0.1) is 22.6 Å². The molecule has 0 saturated carbocycles. The Labute approximate surface area is 185 Å². The first-order valence-corrected chi connectivity index (χ1v) is 11.3. The summed E-state index contributed by atoms with van der Waals surface area (Å²) in [7, 11) is 0. The topological polar surface area (TPSA) is 81.3 Å². The second-order valence-electron chi connectivity index (χ2n) is 7.63. The quantitative estimate of drug-likeness (QED) is 0.313. The number of hydrogen-bond acceptors (Lipinski definition) is 5. The number of aryl methyl sites for hydroxylation is 1. The Morgan fingerprint density at radius 1 is 1.13 bits per heavy atom. The van der Waals surface area contributed by atoms with Crippen LogP contribution in [-0.4, -0.2) is 44.1 Å². The standard InChI is InChI=1S/C23H24N4O3S/c1-17-8-10-19(11-9-17)26-21(18-6-5-7-20(14-18)27(29)30)15-24-23(26)31-16-22(28)25-12-3-2-4-13-25/h5-11,14-15H,2-4,12-13,16H2,1H3. The van der Waals surface area contributed by atoms with Gasteiger partial charge in [-0.25, -0.2) is 4.98 Å². The van der Waals surface area contributed by atoms with Gasteiger partial charge in [-0.05, 0) is 38.3 Å². The highest BCUT2D eigenvalue weighted by atomic mass is 32.2. The molecule has 8 heteroatoms. The highest BCUT2D eigenvalue weighted by molar-refractivity contribution is 7.99. The predicted molar refractivity (Wildman–Crippen MR) is 122 cm³/mol. The van der Waals surface area contributed by atoms with E-state index in [0.29, 0.717) is 16.5 Å². The maximum absolute atomic E-state index is 12.7. The van der Waals surface area contributed by atoms with Gasteiger partial charge < -0.3 is 4.90 Å². The fourth-order valence-corrected chi connectivity index (χ4v) is 4.62. The molecule has 0 unspecified atom stereocenters. The molecule has 1 aliphatic heterocycles. The van der Waals surface area contributed by atoms with Gasteiger partial charge in [-0.2, -0.15) is 0 Å². The normalized spacial score (nSPS) is 13.9. The molecule has 0 bridgehead atoms. The molecule has 7 nitrogen and oxygen atoms in total. The van der Waals surface area contributed by atoms with Crippen LogP contribution in [-0.2, 0) is 4.79 Å². The molecular formula is C23H24N4O3S. The van der Waals surface area contributed by atoms with Crippen molar-refractivity contribution < 1.29 is 9.72 Å². The summed E-state index contributed by atoms with van der Waals surface area (Å²) in [5.74, 6) is 0.442. The fourth-order valence-electron chi connectivity index (χ4n) is 3.72. The van der Waals surface area contributed by atoms with Gasteiger partial charge >= 0.3 is 0 Å². The fraction of sp³-hybridized carbons (Fsp3) is 0.304. The van der Waals surface area contributed by atoms with Crippen molar-refractivity contribution in [2.75, 3.05) is 18.8 Å². The van der Waals surface area contributed by atoms with Crippen LogP contribution >= 0.6 is 11.8 Å². The summed E-state index contributed by atoms with van der Waals surface area (Å²) in [5, 5.41) is 11.9. The van der Waals surface area contributed by atoms with Crippen LogP contribution < -0.4 is 0 Å². The van der Waals surface area contributed by atoms with E-state index in [1.54, 1.807) is 18.3 Å². The molecule has 3 aromatic rings. The lowest BCUT2D eigenvalue weighted by Crippen LogP contribution is -2.36. The maximum Gasteiger partial charge on any atom is 0.270 e. The number of nitro benzene ring substituents is 1. The summed E-state index contributed by atoms with van der Waals surface area (Å²) < 4.78 is 1.96. The van der Waals surface area contributed by atoms with Crippen LogP contribution in [0.4, 0.5) is 5.69 Å². The molecule has 2 aromatic carbocycles. The van der Waals surface area contributed by atoms with Crippen LogP contribution in [0.15, 0.2) is 59.9 Å². The molecule has 4 rings (SSSR count). The number of nitrogens with zero attached hydrogens (tertiary/aromatic N) is 4. The highest BCUT2D eigenvalue weighted by Crippen LogP contribution is 2.31. The molecule has 1 saturated heterocycles. The summed E-state index contributed by atoms with van der Waals surface area (Å²) >= 11 is 1.40. The Morgan fingerprint density at radius 3 is 2.58 bits per heavy atom. The van der Waals surface area contributed by atoms with Crippen LogP contribution in [0.2, 0.25) is 0 Å². The molecule has 1 aliphatic rings. The number of amides is 1. The summed E-state index contributed by atoms with van der Waals surface area (Å²) in [6, 6.07) is 14.6. The van der Waals surface area contributed by atoms with Crippen LogP contribution in [0, 0.1) is 17.0 Å². The largest absolute Gasteiger partial charge is 0.342 e. The van der Waals surface area contributed by atoms with E-state index in [-0.39, 0.29) is 11.6 Å². The molecule has 0 spiro atoms. The van der Waals surface area contributed by atoms with E-state index in [1.807, 2.05) is 46.7 Å². The van der Waals surface area contributed by atoms with Gasteiger partial charge in [0.25, 0.3) is 5.69 Å². The first-order chi connectivity index (χ1) is 15.0. The second-order valence-corrected chi connectivity index (χ2v) is 8.58. The zero-order valence-corrected chi connectivity index (χ0v) is 18.2. The summed E-state index contributed by atoms with van der Waals surface area (Å²) in [6.07, 6.45) is 5.02. The zero-order valence-electron chi connectivity index (χ0n) is 17.4. The third-order valence-corrected chi connectivity index (χ3v) is 6.35. The Balaban J connectivity index is 1.67. The van der Waals surface area contributed by atoms with Crippen LogP contribution in [0.1, 0.15) is 24.8 Å². The summed E-state index contributed by atoms with van der Waals surface area (Å²) in [4.78, 5) is 30.0. The van der Waals surface area contributed by atoms with Crippen molar-refractivity contribution in [1.82, 2.24) is 14.5 Å². The minimum absolute atomic E-state index is 0.0311. The van der Waals surface area contributed by atoms with Gasteiger partial charge in [0, 0.05) is 36.5 Å². The van der Waals surface area contributed by atoms with Gasteiger partial charge in [0.15, 0.2) is 5.16 Å². The first-order valence-electron chi connectivity index (χ1n) is 10.3. The lowest BCUT2D eigenvalue weighted by atomic mass is 10.1. The van der Waals surface area contributed by atoms with E-state index >= 15 is 0 Å². The number of carbonyl (C=O) groups is 1.